The number of pyridine rings is 1. The van der Waals surface area contributed by atoms with Gasteiger partial charge in [0, 0.05) is 23.4 Å². The van der Waals surface area contributed by atoms with Gasteiger partial charge in [0.15, 0.2) is 0 Å². The molecule has 0 amide bonds. The summed E-state index contributed by atoms with van der Waals surface area (Å²) >= 11 is 0. The number of halogens is 1. The number of nitrogens with zero attached hydrogens (tertiary/aromatic N) is 1. The second-order valence-electron chi connectivity index (χ2n) is 3.30. The molecule has 0 aliphatic rings. The van der Waals surface area contributed by atoms with E-state index < -0.39 is 0 Å². The Morgan fingerprint density at radius 3 is 2.62 bits per heavy atom. The van der Waals surface area contributed by atoms with E-state index in [0.717, 1.165) is 5.56 Å². The van der Waals surface area contributed by atoms with E-state index in [4.69, 9.17) is 4.74 Å². The number of rotatable bonds is 3. The minimum Gasteiger partial charge on any atom is -0.478 e. The van der Waals surface area contributed by atoms with E-state index in [9.17, 15) is 4.39 Å². The lowest BCUT2D eigenvalue weighted by molar-refractivity contribution is 0.327. The van der Waals surface area contributed by atoms with Crippen LogP contribution in [0.2, 0.25) is 0 Å². The molecule has 1 heterocycles. The number of hydrogen-bond acceptors (Lipinski definition) is 2. The van der Waals surface area contributed by atoms with Crippen molar-refractivity contribution in [3.8, 4) is 17.0 Å². The Morgan fingerprint density at radius 1 is 1.19 bits per heavy atom. The number of benzene rings is 1. The standard InChI is InChI=1S/C13H12FNO/c1-2-16-13-8-7-10(9-15-13)11-5-3-4-6-12(11)14/h3-9H,2H2,1H3. The summed E-state index contributed by atoms with van der Waals surface area (Å²) in [4.78, 5) is 4.10. The zero-order valence-corrected chi connectivity index (χ0v) is 8.98. The fourth-order valence-corrected chi connectivity index (χ4v) is 1.47. The SMILES string of the molecule is CCOc1ccc(-c2ccccc2F)cn1. The first-order valence-corrected chi connectivity index (χ1v) is 5.15. The summed E-state index contributed by atoms with van der Waals surface area (Å²) in [5.74, 6) is 0.316. The van der Waals surface area contributed by atoms with E-state index in [1.807, 2.05) is 6.92 Å². The molecule has 2 rings (SSSR count). The lowest BCUT2D eigenvalue weighted by Crippen LogP contribution is -1.94. The molecule has 0 saturated heterocycles. The highest BCUT2D eigenvalue weighted by Crippen LogP contribution is 2.22. The third-order valence-corrected chi connectivity index (χ3v) is 2.21. The molecule has 0 bridgehead atoms. The Balaban J connectivity index is 2.31. The highest BCUT2D eigenvalue weighted by molar-refractivity contribution is 5.63. The van der Waals surface area contributed by atoms with Crippen molar-refractivity contribution in [2.75, 3.05) is 6.61 Å². The van der Waals surface area contributed by atoms with Gasteiger partial charge in [-0.3, -0.25) is 0 Å². The van der Waals surface area contributed by atoms with Crippen molar-refractivity contribution in [3.05, 3.63) is 48.4 Å². The van der Waals surface area contributed by atoms with Crippen molar-refractivity contribution in [2.24, 2.45) is 0 Å². The minimum absolute atomic E-state index is 0.242. The monoisotopic (exact) mass is 217 g/mol. The van der Waals surface area contributed by atoms with Crippen LogP contribution in [0.5, 0.6) is 5.88 Å². The molecular weight excluding hydrogens is 205 g/mol. The predicted octanol–water partition coefficient (Wildman–Crippen LogP) is 3.29. The first-order valence-electron chi connectivity index (χ1n) is 5.15. The van der Waals surface area contributed by atoms with E-state index in [0.29, 0.717) is 18.1 Å². The molecule has 16 heavy (non-hydrogen) atoms. The van der Waals surface area contributed by atoms with Crippen molar-refractivity contribution in [3.63, 3.8) is 0 Å². The van der Waals surface area contributed by atoms with E-state index in [-0.39, 0.29) is 5.82 Å². The largest absolute Gasteiger partial charge is 0.478 e. The van der Waals surface area contributed by atoms with E-state index in [1.165, 1.54) is 6.07 Å². The minimum atomic E-state index is -0.242. The van der Waals surface area contributed by atoms with Crippen molar-refractivity contribution in [2.45, 2.75) is 6.92 Å². The molecule has 1 aromatic heterocycles. The average Bonchev–Trinajstić information content (AvgIpc) is 2.31. The van der Waals surface area contributed by atoms with Crippen molar-refractivity contribution < 1.29 is 9.13 Å². The highest BCUT2D eigenvalue weighted by Gasteiger charge is 2.04. The van der Waals surface area contributed by atoms with Crippen LogP contribution in [0.15, 0.2) is 42.6 Å². The Labute approximate surface area is 93.7 Å². The predicted molar refractivity (Wildman–Crippen MR) is 60.8 cm³/mol. The van der Waals surface area contributed by atoms with Crippen LogP contribution in [-0.4, -0.2) is 11.6 Å². The quantitative estimate of drug-likeness (QED) is 0.787. The lowest BCUT2D eigenvalue weighted by atomic mass is 10.1. The normalized spacial score (nSPS) is 10.1. The van der Waals surface area contributed by atoms with Gasteiger partial charge in [0.05, 0.1) is 6.61 Å². The summed E-state index contributed by atoms with van der Waals surface area (Å²) in [6.45, 7) is 2.47. The zero-order chi connectivity index (χ0) is 11.4. The average molecular weight is 217 g/mol. The maximum atomic E-state index is 13.5. The molecule has 3 heteroatoms. The van der Waals surface area contributed by atoms with Gasteiger partial charge in [0.2, 0.25) is 5.88 Å². The topological polar surface area (TPSA) is 22.1 Å². The van der Waals surface area contributed by atoms with Gasteiger partial charge in [-0.2, -0.15) is 0 Å². The van der Waals surface area contributed by atoms with Crippen molar-refractivity contribution in [1.82, 2.24) is 4.98 Å². The van der Waals surface area contributed by atoms with Crippen LogP contribution in [0.3, 0.4) is 0 Å². The van der Waals surface area contributed by atoms with Crippen molar-refractivity contribution in [1.29, 1.82) is 0 Å². The summed E-state index contributed by atoms with van der Waals surface area (Å²) in [7, 11) is 0. The van der Waals surface area contributed by atoms with Crippen LogP contribution in [0, 0.1) is 5.82 Å². The van der Waals surface area contributed by atoms with Crippen LogP contribution < -0.4 is 4.74 Å². The molecule has 1 aromatic carbocycles. The summed E-state index contributed by atoms with van der Waals surface area (Å²) in [6, 6.07) is 10.2. The molecular formula is C13H12FNO. The van der Waals surface area contributed by atoms with Gasteiger partial charge in [-0.25, -0.2) is 9.37 Å². The van der Waals surface area contributed by atoms with Gasteiger partial charge in [-0.05, 0) is 19.1 Å². The number of ether oxygens (including phenoxy) is 1. The van der Waals surface area contributed by atoms with Crippen LogP contribution in [0.4, 0.5) is 4.39 Å². The van der Waals surface area contributed by atoms with Gasteiger partial charge in [-0.1, -0.05) is 18.2 Å². The Kier molecular flexibility index (Phi) is 3.15. The summed E-state index contributed by atoms with van der Waals surface area (Å²) in [5, 5.41) is 0. The molecule has 0 atom stereocenters. The molecule has 0 saturated carbocycles. The van der Waals surface area contributed by atoms with E-state index >= 15 is 0 Å². The summed E-state index contributed by atoms with van der Waals surface area (Å²) < 4.78 is 18.7. The van der Waals surface area contributed by atoms with E-state index in [2.05, 4.69) is 4.98 Å². The first-order chi connectivity index (χ1) is 7.81. The lowest BCUT2D eigenvalue weighted by Gasteiger charge is -2.04. The van der Waals surface area contributed by atoms with E-state index in [1.54, 1.807) is 36.5 Å². The summed E-state index contributed by atoms with van der Waals surface area (Å²) in [6.07, 6.45) is 1.61. The van der Waals surface area contributed by atoms with Crippen LogP contribution >= 0.6 is 0 Å². The maximum absolute atomic E-state index is 13.5. The fraction of sp³-hybridized carbons (Fsp3) is 0.154. The molecule has 0 aliphatic heterocycles. The fourth-order valence-electron chi connectivity index (χ4n) is 1.47. The van der Waals surface area contributed by atoms with Crippen molar-refractivity contribution >= 4 is 0 Å². The molecule has 2 aromatic rings. The van der Waals surface area contributed by atoms with Gasteiger partial charge < -0.3 is 4.74 Å². The summed E-state index contributed by atoms with van der Waals surface area (Å²) in [5.41, 5.74) is 1.31. The molecule has 0 N–H and O–H groups in total. The smallest absolute Gasteiger partial charge is 0.213 e. The Hall–Kier alpha value is -1.90. The van der Waals surface area contributed by atoms with Gasteiger partial charge in [0.25, 0.3) is 0 Å². The second-order valence-corrected chi connectivity index (χ2v) is 3.30. The van der Waals surface area contributed by atoms with Gasteiger partial charge >= 0.3 is 0 Å². The second kappa shape index (κ2) is 4.75. The molecule has 0 fully saturated rings. The third kappa shape index (κ3) is 2.19. The van der Waals surface area contributed by atoms with Crippen LogP contribution in [-0.2, 0) is 0 Å². The zero-order valence-electron chi connectivity index (χ0n) is 8.98. The highest BCUT2D eigenvalue weighted by atomic mass is 19.1. The first kappa shape index (κ1) is 10.6. The number of hydrogen-bond donors (Lipinski definition) is 0. The van der Waals surface area contributed by atoms with Gasteiger partial charge in [0.1, 0.15) is 5.82 Å². The Bertz CT molecular complexity index is 468. The third-order valence-electron chi connectivity index (χ3n) is 2.21. The number of aromatic nitrogens is 1. The molecule has 0 unspecified atom stereocenters. The Morgan fingerprint density at radius 2 is 2.00 bits per heavy atom. The molecule has 2 nitrogen and oxygen atoms in total. The molecule has 0 radical (unpaired) electrons. The maximum Gasteiger partial charge on any atom is 0.213 e. The molecule has 82 valence electrons. The molecule has 0 aliphatic carbocycles. The van der Waals surface area contributed by atoms with Crippen LogP contribution in [0.25, 0.3) is 11.1 Å². The van der Waals surface area contributed by atoms with Crippen LogP contribution in [0.1, 0.15) is 6.92 Å². The van der Waals surface area contributed by atoms with Gasteiger partial charge in [-0.15, -0.1) is 0 Å². The molecule has 0 spiro atoms.